The number of halogens is 1. The topological polar surface area (TPSA) is 82.6 Å². The minimum Gasteiger partial charge on any atom is -0.346 e. The Morgan fingerprint density at radius 1 is 1.06 bits per heavy atom. The molecule has 8 nitrogen and oxygen atoms in total. The van der Waals surface area contributed by atoms with Crippen molar-refractivity contribution < 1.29 is 0 Å². The smallest absolute Gasteiger partial charge is 0.334 e. The number of nitrogens with one attached hydrogen (secondary N) is 1. The Labute approximate surface area is 196 Å². The zero-order chi connectivity index (χ0) is 23.1. The molecule has 33 heavy (non-hydrogen) atoms. The molecule has 1 aliphatic rings. The molecule has 3 heterocycles. The zero-order valence-electron chi connectivity index (χ0n) is 18.8. The van der Waals surface area contributed by atoms with E-state index in [1.165, 1.54) is 0 Å². The molecule has 0 amide bonds. The first-order valence-electron chi connectivity index (χ1n) is 11.1. The number of benzene rings is 1. The van der Waals surface area contributed by atoms with Crippen molar-refractivity contribution in [3.05, 3.63) is 82.1 Å². The van der Waals surface area contributed by atoms with Gasteiger partial charge in [-0.25, -0.2) is 19.3 Å². The monoisotopic (exact) mass is 463 g/mol. The lowest BCUT2D eigenvalue weighted by Gasteiger charge is -2.13. The molecule has 0 saturated heterocycles. The van der Waals surface area contributed by atoms with Crippen LogP contribution in [0.25, 0.3) is 11.5 Å². The van der Waals surface area contributed by atoms with E-state index in [4.69, 9.17) is 11.6 Å². The van der Waals surface area contributed by atoms with Crippen LogP contribution in [0.15, 0.2) is 60.0 Å². The minimum atomic E-state index is -0.133. The highest BCUT2D eigenvalue weighted by molar-refractivity contribution is 6.30. The Morgan fingerprint density at radius 2 is 1.82 bits per heavy atom. The van der Waals surface area contributed by atoms with Crippen LogP contribution >= 0.6 is 11.6 Å². The van der Waals surface area contributed by atoms with Gasteiger partial charge < -0.3 is 9.88 Å². The van der Waals surface area contributed by atoms with E-state index in [1.54, 1.807) is 23.2 Å². The fourth-order valence-electron chi connectivity index (χ4n) is 3.86. The molecule has 3 aromatic heterocycles. The second-order valence-electron chi connectivity index (χ2n) is 8.75. The summed E-state index contributed by atoms with van der Waals surface area (Å²) >= 11 is 5.99. The molecule has 0 unspecified atom stereocenters. The van der Waals surface area contributed by atoms with E-state index in [0.717, 1.165) is 29.9 Å². The van der Waals surface area contributed by atoms with Crippen LogP contribution < -0.4 is 11.0 Å². The van der Waals surface area contributed by atoms with Crippen LogP contribution in [0.4, 0.5) is 5.95 Å². The minimum absolute atomic E-state index is 0.0411. The SMILES string of the molecule is CC(C)c1cn(C2CC2)c(=O)n1-c1ccnc(N[C@@H](C)c2cn(-c3ccc(Cl)cc3)cn2)n1. The highest BCUT2D eigenvalue weighted by Gasteiger charge is 2.28. The molecule has 9 heteroatoms. The Morgan fingerprint density at radius 3 is 2.52 bits per heavy atom. The lowest BCUT2D eigenvalue weighted by Crippen LogP contribution is -2.24. The van der Waals surface area contributed by atoms with Gasteiger partial charge in [-0.15, -0.1) is 0 Å². The first-order chi connectivity index (χ1) is 15.9. The summed E-state index contributed by atoms with van der Waals surface area (Å²) in [6.07, 6.45) is 9.49. The van der Waals surface area contributed by atoms with Gasteiger partial charge in [0.25, 0.3) is 0 Å². The second kappa shape index (κ2) is 8.51. The van der Waals surface area contributed by atoms with Crippen molar-refractivity contribution in [2.24, 2.45) is 0 Å². The van der Waals surface area contributed by atoms with E-state index in [9.17, 15) is 4.79 Å². The van der Waals surface area contributed by atoms with Crippen LogP contribution in [-0.2, 0) is 0 Å². The predicted molar refractivity (Wildman–Crippen MR) is 129 cm³/mol. The van der Waals surface area contributed by atoms with Crippen molar-refractivity contribution in [2.45, 2.75) is 51.6 Å². The van der Waals surface area contributed by atoms with E-state index in [1.807, 2.05) is 52.7 Å². The van der Waals surface area contributed by atoms with E-state index in [2.05, 4.69) is 34.1 Å². The summed E-state index contributed by atoms with van der Waals surface area (Å²) in [6, 6.07) is 9.53. The molecule has 1 N–H and O–H groups in total. The van der Waals surface area contributed by atoms with Gasteiger partial charge in [-0.05, 0) is 49.9 Å². The quantitative estimate of drug-likeness (QED) is 0.421. The van der Waals surface area contributed by atoms with Gasteiger partial charge in [-0.1, -0.05) is 25.4 Å². The maximum atomic E-state index is 13.1. The van der Waals surface area contributed by atoms with Crippen molar-refractivity contribution >= 4 is 17.5 Å². The third kappa shape index (κ3) is 4.30. The van der Waals surface area contributed by atoms with Crippen molar-refractivity contribution in [3.63, 3.8) is 0 Å². The molecule has 0 aliphatic heterocycles. The molecule has 0 spiro atoms. The van der Waals surface area contributed by atoms with Gasteiger partial charge in [0.1, 0.15) is 5.82 Å². The number of anilines is 1. The predicted octanol–water partition coefficient (Wildman–Crippen LogP) is 4.90. The highest BCUT2D eigenvalue weighted by Crippen LogP contribution is 2.34. The van der Waals surface area contributed by atoms with Crippen molar-refractivity contribution in [1.29, 1.82) is 0 Å². The first-order valence-corrected chi connectivity index (χ1v) is 11.5. The molecule has 0 radical (unpaired) electrons. The van der Waals surface area contributed by atoms with Crippen molar-refractivity contribution in [1.82, 2.24) is 28.7 Å². The van der Waals surface area contributed by atoms with E-state index in [-0.39, 0.29) is 17.6 Å². The largest absolute Gasteiger partial charge is 0.346 e. The van der Waals surface area contributed by atoms with Gasteiger partial charge in [0.05, 0.1) is 18.1 Å². The zero-order valence-corrected chi connectivity index (χ0v) is 19.6. The highest BCUT2D eigenvalue weighted by atomic mass is 35.5. The van der Waals surface area contributed by atoms with E-state index in [0.29, 0.717) is 22.8 Å². The summed E-state index contributed by atoms with van der Waals surface area (Å²) in [5.41, 5.74) is 2.73. The molecule has 1 atom stereocenters. The Kier molecular flexibility index (Phi) is 5.54. The second-order valence-corrected chi connectivity index (χ2v) is 9.19. The first kappa shape index (κ1) is 21.5. The maximum Gasteiger partial charge on any atom is 0.334 e. The van der Waals surface area contributed by atoms with Crippen LogP contribution in [0.3, 0.4) is 0 Å². The molecule has 1 fully saturated rings. The summed E-state index contributed by atoms with van der Waals surface area (Å²) in [5, 5.41) is 4.00. The molecule has 5 rings (SSSR count). The Hall–Kier alpha value is -3.39. The third-order valence-electron chi connectivity index (χ3n) is 5.86. The number of nitrogens with zero attached hydrogens (tertiary/aromatic N) is 6. The fourth-order valence-corrected chi connectivity index (χ4v) is 3.99. The van der Waals surface area contributed by atoms with Gasteiger partial charge in [-0.3, -0.25) is 4.57 Å². The van der Waals surface area contributed by atoms with Gasteiger partial charge in [0, 0.05) is 47.1 Å². The van der Waals surface area contributed by atoms with Crippen LogP contribution in [0, 0.1) is 0 Å². The summed E-state index contributed by atoms with van der Waals surface area (Å²) in [5.74, 6) is 1.21. The number of hydrogen-bond donors (Lipinski definition) is 1. The molecular weight excluding hydrogens is 438 g/mol. The van der Waals surface area contributed by atoms with Crippen molar-refractivity contribution in [2.75, 3.05) is 5.32 Å². The third-order valence-corrected chi connectivity index (χ3v) is 6.11. The summed E-state index contributed by atoms with van der Waals surface area (Å²) in [7, 11) is 0. The van der Waals surface area contributed by atoms with Gasteiger partial charge in [0.2, 0.25) is 5.95 Å². The lowest BCUT2D eigenvalue weighted by molar-refractivity contribution is 0.690. The number of imidazole rings is 2. The van der Waals surface area contributed by atoms with Crippen LogP contribution in [0.1, 0.15) is 63.0 Å². The standard InChI is InChI=1S/C24H26ClN7O/c1-15(2)21-13-31(19-8-9-19)24(33)32(21)22-10-11-26-23(29-22)28-16(3)20-12-30(14-27-20)18-6-4-17(25)5-7-18/h4-7,10-16,19H,8-9H2,1-3H3,(H,26,28,29)/t16-/m0/s1. The molecule has 0 bridgehead atoms. The normalized spacial score (nSPS) is 14.6. The van der Waals surface area contributed by atoms with Crippen LogP contribution in [0.5, 0.6) is 0 Å². The Bertz CT molecular complexity index is 1330. The van der Waals surface area contributed by atoms with E-state index >= 15 is 0 Å². The average Bonchev–Trinajstić information content (AvgIpc) is 3.40. The van der Waals surface area contributed by atoms with E-state index < -0.39 is 0 Å². The molecule has 170 valence electrons. The fraction of sp³-hybridized carbons (Fsp3) is 0.333. The summed E-state index contributed by atoms with van der Waals surface area (Å²) in [4.78, 5) is 26.7. The molecular formula is C24H26ClN7O. The summed E-state index contributed by atoms with van der Waals surface area (Å²) < 4.78 is 5.49. The Balaban J connectivity index is 1.40. The van der Waals surface area contributed by atoms with Crippen molar-refractivity contribution in [3.8, 4) is 11.5 Å². The lowest BCUT2D eigenvalue weighted by atomic mass is 10.1. The average molecular weight is 464 g/mol. The van der Waals surface area contributed by atoms with Gasteiger partial charge >= 0.3 is 5.69 Å². The van der Waals surface area contributed by atoms with Gasteiger partial charge in [-0.2, -0.15) is 4.98 Å². The molecule has 1 aliphatic carbocycles. The number of aromatic nitrogens is 6. The summed E-state index contributed by atoms with van der Waals surface area (Å²) in [6.45, 7) is 6.17. The van der Waals surface area contributed by atoms with Crippen LogP contribution in [0.2, 0.25) is 5.02 Å². The number of rotatable bonds is 7. The van der Waals surface area contributed by atoms with Gasteiger partial charge in [0.15, 0.2) is 0 Å². The van der Waals surface area contributed by atoms with Crippen LogP contribution in [-0.4, -0.2) is 28.7 Å². The molecule has 4 aromatic rings. The maximum absolute atomic E-state index is 13.1. The molecule has 1 aromatic carbocycles. The molecule has 1 saturated carbocycles. The number of hydrogen-bond acceptors (Lipinski definition) is 5.